The average molecular weight is 224 g/mol. The van der Waals surface area contributed by atoms with Crippen LogP contribution in [0.25, 0.3) is 0 Å². The van der Waals surface area contributed by atoms with Crippen LogP contribution in [0.4, 0.5) is 0 Å². The van der Waals surface area contributed by atoms with Crippen LogP contribution in [0.2, 0.25) is 0 Å². The van der Waals surface area contributed by atoms with Crippen LogP contribution in [0.3, 0.4) is 0 Å². The second kappa shape index (κ2) is 4.16. The van der Waals surface area contributed by atoms with E-state index in [4.69, 9.17) is 43.0 Å². The largest absolute Gasteiger partial charge is 0.299 e. The van der Waals surface area contributed by atoms with Gasteiger partial charge in [-0.1, -0.05) is 0 Å². The first kappa shape index (κ1) is 13.9. The van der Waals surface area contributed by atoms with E-state index in [-0.39, 0.29) is 0 Å². The molecule has 80 valence electrons. The van der Waals surface area contributed by atoms with E-state index in [9.17, 15) is 0 Å². The van der Waals surface area contributed by atoms with Crippen LogP contribution in [-0.4, -0.2) is 11.1 Å². The third-order valence-electron chi connectivity index (χ3n) is 2.22. The Morgan fingerprint density at radius 3 is 0.882 bits per heavy atom. The molecule has 0 aliphatic carbocycles. The van der Waals surface area contributed by atoms with E-state index in [2.05, 4.69) is 0 Å². The molecule has 0 heterocycles. The van der Waals surface area contributed by atoms with Crippen molar-refractivity contribution in [3.05, 3.63) is 0 Å². The van der Waals surface area contributed by atoms with Gasteiger partial charge in [-0.3, -0.25) is 11.5 Å². The van der Waals surface area contributed by atoms with E-state index in [1.54, 1.807) is 0 Å². The third kappa shape index (κ3) is 1.40. The molecule has 0 atom stereocenters. The van der Waals surface area contributed by atoms with E-state index in [0.29, 0.717) is 0 Å². The van der Waals surface area contributed by atoms with Crippen LogP contribution in [0.1, 0.15) is 0 Å². The van der Waals surface area contributed by atoms with Gasteiger partial charge < -0.3 is 0 Å². The molecule has 0 bridgehead atoms. The molecule has 0 aromatic heterocycles. The molecule has 0 aliphatic rings. The summed E-state index contributed by atoms with van der Waals surface area (Å²) in [6.07, 6.45) is 0. The first-order valence-electron chi connectivity index (χ1n) is 3.92. The summed E-state index contributed by atoms with van der Waals surface area (Å²) in [6, 6.07) is 7.44. The molecule has 0 unspecified atom stereocenters. The van der Waals surface area contributed by atoms with Gasteiger partial charge in [-0.05, 0) is 0 Å². The lowest BCUT2D eigenvalue weighted by Gasteiger charge is -2.33. The lowest BCUT2D eigenvalue weighted by molar-refractivity contribution is 0.311. The topological polar surface area (TPSA) is 195 Å². The van der Waals surface area contributed by atoms with Crippen LogP contribution in [0, 0.1) is 73.4 Å². The number of nitrogens with zero attached hydrogens (tertiary/aromatic N) is 6. The van der Waals surface area contributed by atoms with Crippen LogP contribution in [0.5, 0.6) is 0 Å². The Balaban J connectivity index is 6.50. The van der Waals surface area contributed by atoms with Gasteiger partial charge >= 0.3 is 0 Å². The van der Waals surface area contributed by atoms with Crippen molar-refractivity contribution in [1.29, 1.82) is 31.6 Å². The molecule has 0 saturated carbocycles. The van der Waals surface area contributed by atoms with Crippen molar-refractivity contribution in [2.24, 2.45) is 16.9 Å². The molecular weight excluding hydrogens is 220 g/mol. The average Bonchev–Trinajstić information content (AvgIpc) is 2.39. The number of rotatable bonds is 2. The van der Waals surface area contributed by atoms with E-state index in [1.807, 2.05) is 0 Å². The van der Waals surface area contributed by atoms with Gasteiger partial charge in [0.15, 0.2) is 0 Å². The Morgan fingerprint density at radius 1 is 0.529 bits per heavy atom. The quantitative estimate of drug-likeness (QED) is 0.565. The van der Waals surface area contributed by atoms with Gasteiger partial charge in [0.05, 0.1) is 12.1 Å². The summed E-state index contributed by atoms with van der Waals surface area (Å²) < 4.78 is 0. The predicted molar refractivity (Wildman–Crippen MR) is 49.9 cm³/mol. The lowest BCUT2D eigenvalue weighted by Crippen LogP contribution is -2.66. The third-order valence-corrected chi connectivity index (χ3v) is 2.22. The van der Waals surface area contributed by atoms with Crippen LogP contribution in [-0.2, 0) is 0 Å². The predicted octanol–water partition coefficient (Wildman–Crippen LogP) is -1.49. The Hall–Kier alpha value is -3.14. The highest BCUT2D eigenvalue weighted by atomic mass is 14.9. The highest BCUT2D eigenvalue weighted by molar-refractivity contribution is 5.51. The van der Waals surface area contributed by atoms with Crippen molar-refractivity contribution in [3.8, 4) is 36.4 Å². The molecule has 4 N–H and O–H groups in total. The molecule has 0 radical (unpaired) electrons. The standard InChI is InChI=1S/C9H4N8/c10-1-7(2-11,8(16,3-12)4-13)9(17,5-14)6-15/h16-17H2. The van der Waals surface area contributed by atoms with E-state index >= 15 is 0 Å². The van der Waals surface area contributed by atoms with E-state index in [1.165, 1.54) is 36.4 Å². The summed E-state index contributed by atoms with van der Waals surface area (Å²) in [5, 5.41) is 52.9. The minimum absolute atomic E-state index is 1.23. The fourth-order valence-corrected chi connectivity index (χ4v) is 1.07. The Labute approximate surface area is 96.7 Å². The zero-order valence-electron chi connectivity index (χ0n) is 8.34. The maximum atomic E-state index is 8.94. The summed E-state index contributed by atoms with van der Waals surface area (Å²) in [4.78, 5) is 0. The summed E-state index contributed by atoms with van der Waals surface area (Å²) in [5.41, 5.74) is 2.39. The molecule has 8 nitrogen and oxygen atoms in total. The second-order valence-corrected chi connectivity index (χ2v) is 3.04. The molecule has 17 heavy (non-hydrogen) atoms. The number of hydrogen-bond donors (Lipinski definition) is 2. The number of nitrogens with two attached hydrogens (primary N) is 2. The maximum Gasteiger partial charge on any atom is 0.232 e. The zero-order valence-corrected chi connectivity index (χ0v) is 8.34. The summed E-state index contributed by atoms with van der Waals surface area (Å²) in [6.45, 7) is 0. The van der Waals surface area contributed by atoms with Gasteiger partial charge in [0.1, 0.15) is 24.3 Å². The summed E-state index contributed by atoms with van der Waals surface area (Å²) in [7, 11) is 0. The number of nitriles is 6. The van der Waals surface area contributed by atoms with Crippen molar-refractivity contribution in [3.63, 3.8) is 0 Å². The molecular formula is C9H4N8. The zero-order chi connectivity index (χ0) is 13.7. The van der Waals surface area contributed by atoms with Gasteiger partial charge in [-0.25, -0.2) is 0 Å². The molecule has 0 aromatic rings. The normalized spacial score (nSPS) is 10.6. The Bertz CT molecular complexity index is 493. The maximum absolute atomic E-state index is 8.94. The second-order valence-electron chi connectivity index (χ2n) is 3.04. The smallest absolute Gasteiger partial charge is 0.232 e. The molecule has 0 amide bonds. The lowest BCUT2D eigenvalue weighted by atomic mass is 9.62. The fourth-order valence-electron chi connectivity index (χ4n) is 1.07. The van der Waals surface area contributed by atoms with Crippen molar-refractivity contribution in [1.82, 2.24) is 0 Å². The minimum atomic E-state index is -2.78. The van der Waals surface area contributed by atoms with Gasteiger partial charge in [0, 0.05) is 0 Å². The molecule has 0 aliphatic heterocycles. The summed E-state index contributed by atoms with van der Waals surface area (Å²) in [5.74, 6) is 0. The monoisotopic (exact) mass is 224 g/mol. The van der Waals surface area contributed by atoms with Crippen LogP contribution in [0.15, 0.2) is 0 Å². The SMILES string of the molecule is N#CC(N)(C#N)C(C#N)(C#N)C(N)(C#N)C#N. The van der Waals surface area contributed by atoms with Gasteiger partial charge in [-0.2, -0.15) is 31.6 Å². The van der Waals surface area contributed by atoms with Crippen LogP contribution < -0.4 is 11.5 Å². The van der Waals surface area contributed by atoms with Crippen molar-refractivity contribution in [2.75, 3.05) is 0 Å². The minimum Gasteiger partial charge on any atom is -0.299 e. The molecule has 0 fully saturated rings. The summed E-state index contributed by atoms with van der Waals surface area (Å²) >= 11 is 0. The highest BCUT2D eigenvalue weighted by Gasteiger charge is 2.65. The van der Waals surface area contributed by atoms with Crippen molar-refractivity contribution < 1.29 is 0 Å². The van der Waals surface area contributed by atoms with E-state index < -0.39 is 16.5 Å². The first-order valence-corrected chi connectivity index (χ1v) is 3.92. The van der Waals surface area contributed by atoms with Gasteiger partial charge in [0.25, 0.3) is 0 Å². The Kier molecular flexibility index (Phi) is 3.39. The fraction of sp³-hybridized carbons (Fsp3) is 0.333. The molecule has 0 spiro atoms. The molecule has 0 saturated heterocycles. The number of hydrogen-bond acceptors (Lipinski definition) is 8. The molecule has 0 aromatic carbocycles. The Morgan fingerprint density at radius 2 is 0.765 bits per heavy atom. The van der Waals surface area contributed by atoms with Crippen LogP contribution >= 0.6 is 0 Å². The van der Waals surface area contributed by atoms with Crippen molar-refractivity contribution in [2.45, 2.75) is 11.1 Å². The van der Waals surface area contributed by atoms with Gasteiger partial charge in [-0.15, -0.1) is 0 Å². The highest BCUT2D eigenvalue weighted by Crippen LogP contribution is 2.37. The molecule has 8 heteroatoms. The van der Waals surface area contributed by atoms with Crippen molar-refractivity contribution >= 4 is 0 Å². The first-order chi connectivity index (χ1) is 7.86. The molecule has 0 rings (SSSR count). The van der Waals surface area contributed by atoms with Gasteiger partial charge in [0.2, 0.25) is 16.5 Å². The van der Waals surface area contributed by atoms with E-state index in [0.717, 1.165) is 0 Å².